The van der Waals surface area contributed by atoms with Gasteiger partial charge in [-0.25, -0.2) is 9.78 Å². The summed E-state index contributed by atoms with van der Waals surface area (Å²) in [6.45, 7) is 4.34. The number of thioether (sulfide) groups is 1. The van der Waals surface area contributed by atoms with Gasteiger partial charge in [-0.3, -0.25) is 18.7 Å². The smallest absolute Gasteiger partial charge is 0.331 e. The summed E-state index contributed by atoms with van der Waals surface area (Å²) >= 11 is 9.17. The predicted octanol–water partition coefficient (Wildman–Crippen LogP) is 3.06. The van der Waals surface area contributed by atoms with Gasteiger partial charge in [-0.2, -0.15) is 0 Å². The third-order valence-electron chi connectivity index (χ3n) is 5.92. The summed E-state index contributed by atoms with van der Waals surface area (Å²) in [5.74, 6) is 0.492. The SMILES string of the molecule is CC(=O)NC[C@H]1Cn2c(-c3nc(C)cs3)c3c(=O)n(C)c(=O)n(C)c3c2[C@H](c2ccc(Cl)o2)S1. The number of hydrogen-bond acceptors (Lipinski definition) is 7. The summed E-state index contributed by atoms with van der Waals surface area (Å²) in [6.07, 6.45) is 0. The van der Waals surface area contributed by atoms with E-state index in [1.54, 1.807) is 30.9 Å². The van der Waals surface area contributed by atoms with Gasteiger partial charge in [0.1, 0.15) is 16.0 Å². The molecule has 12 heteroatoms. The van der Waals surface area contributed by atoms with Gasteiger partial charge in [-0.15, -0.1) is 23.1 Å². The second-order valence-corrected chi connectivity index (χ2v) is 10.9. The molecule has 1 N–H and O–H groups in total. The minimum absolute atomic E-state index is 0.0206. The van der Waals surface area contributed by atoms with Gasteiger partial charge in [0, 0.05) is 50.4 Å². The zero-order valence-electron chi connectivity index (χ0n) is 18.9. The van der Waals surface area contributed by atoms with E-state index in [-0.39, 0.29) is 27.2 Å². The molecular weight excluding hydrogens is 498 g/mol. The summed E-state index contributed by atoms with van der Waals surface area (Å²) in [6, 6.07) is 3.48. The van der Waals surface area contributed by atoms with Gasteiger partial charge in [0.25, 0.3) is 5.56 Å². The van der Waals surface area contributed by atoms with Crippen molar-refractivity contribution in [2.24, 2.45) is 14.1 Å². The Kier molecular flexibility index (Phi) is 5.73. The van der Waals surface area contributed by atoms with E-state index in [4.69, 9.17) is 16.0 Å². The molecule has 0 unspecified atom stereocenters. The first-order valence-corrected chi connectivity index (χ1v) is 12.8. The molecule has 0 bridgehead atoms. The summed E-state index contributed by atoms with van der Waals surface area (Å²) in [4.78, 5) is 42.7. The first-order valence-electron chi connectivity index (χ1n) is 10.6. The number of fused-ring (bicyclic) bond motifs is 3. The molecule has 4 aromatic rings. The second-order valence-electron chi connectivity index (χ2n) is 8.28. The van der Waals surface area contributed by atoms with Crippen molar-refractivity contribution in [3.8, 4) is 10.7 Å². The third kappa shape index (κ3) is 3.62. The molecule has 1 aliphatic heterocycles. The van der Waals surface area contributed by atoms with Crippen LogP contribution < -0.4 is 16.6 Å². The molecule has 0 radical (unpaired) electrons. The summed E-state index contributed by atoms with van der Waals surface area (Å²) in [5.41, 5.74) is 2.08. The van der Waals surface area contributed by atoms with E-state index in [9.17, 15) is 14.4 Å². The summed E-state index contributed by atoms with van der Waals surface area (Å²) in [7, 11) is 3.15. The van der Waals surface area contributed by atoms with Gasteiger partial charge in [0.15, 0.2) is 5.22 Å². The van der Waals surface area contributed by atoms with Crippen molar-refractivity contribution < 1.29 is 9.21 Å². The van der Waals surface area contributed by atoms with E-state index >= 15 is 0 Å². The molecule has 2 atom stereocenters. The Hall–Kier alpha value is -2.76. The molecule has 1 amide bonds. The molecule has 0 aliphatic carbocycles. The molecule has 0 spiro atoms. The van der Waals surface area contributed by atoms with Crippen molar-refractivity contribution in [2.75, 3.05) is 6.54 Å². The van der Waals surface area contributed by atoms with Gasteiger partial charge in [0.05, 0.1) is 22.3 Å². The first-order chi connectivity index (χ1) is 16.2. The summed E-state index contributed by atoms with van der Waals surface area (Å²) < 4.78 is 10.5. The standard InChI is InChI=1S/C22H22ClN5O4S2/c1-10-9-33-20(25-10)17-15-16(26(3)22(31)27(4)21(15)30)18-19(13-5-6-14(23)32-13)34-12(8-28(17)18)7-24-11(2)29/h5-6,9,12,19H,7-8H2,1-4H3,(H,24,29)/t12-,19-/m0/s1. The maximum atomic E-state index is 13.5. The van der Waals surface area contributed by atoms with Crippen LogP contribution in [0.15, 0.2) is 31.5 Å². The van der Waals surface area contributed by atoms with Gasteiger partial charge in [-0.1, -0.05) is 0 Å². The Labute approximate surface area is 207 Å². The summed E-state index contributed by atoms with van der Waals surface area (Å²) in [5, 5.41) is 5.85. The van der Waals surface area contributed by atoms with E-state index in [1.807, 2.05) is 12.3 Å². The van der Waals surface area contributed by atoms with E-state index in [2.05, 4.69) is 14.9 Å². The topological polar surface area (TPSA) is 104 Å². The largest absolute Gasteiger partial charge is 0.448 e. The van der Waals surface area contributed by atoms with Crippen LogP contribution in [0.4, 0.5) is 0 Å². The van der Waals surface area contributed by atoms with Crippen molar-refractivity contribution in [1.82, 2.24) is 24.0 Å². The minimum Gasteiger partial charge on any atom is -0.448 e. The Morgan fingerprint density at radius 2 is 2.06 bits per heavy atom. The lowest BCUT2D eigenvalue weighted by atomic mass is 10.2. The molecule has 9 nitrogen and oxygen atoms in total. The van der Waals surface area contributed by atoms with Crippen molar-refractivity contribution >= 4 is 51.5 Å². The number of halogens is 1. The number of aromatic nitrogens is 4. The number of amides is 1. The highest BCUT2D eigenvalue weighted by Gasteiger charge is 2.38. The number of carbonyl (C=O) groups is 1. The maximum absolute atomic E-state index is 13.5. The first kappa shape index (κ1) is 23.0. The van der Waals surface area contributed by atoms with E-state index in [0.29, 0.717) is 40.5 Å². The second kappa shape index (κ2) is 8.47. The number of rotatable bonds is 4. The molecule has 0 saturated carbocycles. The van der Waals surface area contributed by atoms with Crippen LogP contribution in [-0.2, 0) is 25.4 Å². The normalized spacial score (nSPS) is 17.8. The van der Waals surface area contributed by atoms with Crippen LogP contribution in [0.3, 0.4) is 0 Å². The van der Waals surface area contributed by atoms with Gasteiger partial charge in [0.2, 0.25) is 5.91 Å². The fourth-order valence-corrected chi connectivity index (χ4v) is 6.86. The Bertz CT molecular complexity index is 1560. The monoisotopic (exact) mass is 519 g/mol. The lowest BCUT2D eigenvalue weighted by molar-refractivity contribution is -0.118. The number of carbonyl (C=O) groups excluding carboxylic acids is 1. The Balaban J connectivity index is 1.87. The van der Waals surface area contributed by atoms with E-state index < -0.39 is 5.69 Å². The average Bonchev–Trinajstić information content (AvgIpc) is 3.50. The molecule has 0 aromatic carbocycles. The molecule has 1 aliphatic rings. The van der Waals surface area contributed by atoms with Crippen LogP contribution in [0, 0.1) is 6.92 Å². The van der Waals surface area contributed by atoms with Gasteiger partial charge >= 0.3 is 5.69 Å². The maximum Gasteiger partial charge on any atom is 0.331 e. The average molecular weight is 520 g/mol. The highest BCUT2D eigenvalue weighted by Crippen LogP contribution is 2.49. The molecule has 0 fully saturated rings. The van der Waals surface area contributed by atoms with E-state index in [0.717, 1.165) is 16.0 Å². The van der Waals surface area contributed by atoms with Crippen molar-refractivity contribution in [3.05, 3.63) is 60.7 Å². The molecular formula is C22H22ClN5O4S2. The van der Waals surface area contributed by atoms with Crippen LogP contribution in [0.2, 0.25) is 5.22 Å². The number of thiazole rings is 1. The lowest BCUT2D eigenvalue weighted by Crippen LogP contribution is -2.37. The molecule has 0 saturated heterocycles. The number of furan rings is 1. The number of hydrogen-bond donors (Lipinski definition) is 1. The fraction of sp³-hybridized carbons (Fsp3) is 0.364. The Morgan fingerprint density at radius 3 is 2.68 bits per heavy atom. The highest BCUT2D eigenvalue weighted by molar-refractivity contribution is 8.00. The number of nitrogens with zero attached hydrogens (tertiary/aromatic N) is 4. The van der Waals surface area contributed by atoms with Crippen molar-refractivity contribution in [1.29, 1.82) is 0 Å². The molecule has 5 heterocycles. The highest BCUT2D eigenvalue weighted by atomic mass is 35.5. The zero-order chi connectivity index (χ0) is 24.3. The van der Waals surface area contributed by atoms with Crippen LogP contribution >= 0.6 is 34.7 Å². The van der Waals surface area contributed by atoms with Crippen LogP contribution in [0.1, 0.15) is 29.3 Å². The van der Waals surface area contributed by atoms with Crippen molar-refractivity contribution in [3.63, 3.8) is 0 Å². The van der Waals surface area contributed by atoms with E-state index in [1.165, 1.54) is 29.9 Å². The molecule has 5 rings (SSSR count). The fourth-order valence-electron chi connectivity index (χ4n) is 4.43. The Morgan fingerprint density at radius 1 is 1.29 bits per heavy atom. The van der Waals surface area contributed by atoms with Crippen molar-refractivity contribution in [2.45, 2.75) is 30.9 Å². The number of nitrogens with one attached hydrogen (secondary N) is 1. The third-order valence-corrected chi connectivity index (χ3v) is 8.52. The quantitative estimate of drug-likeness (QED) is 0.444. The number of aryl methyl sites for hydroxylation is 2. The predicted molar refractivity (Wildman–Crippen MR) is 134 cm³/mol. The van der Waals surface area contributed by atoms with Gasteiger partial charge in [-0.05, 0) is 30.7 Å². The molecule has 178 valence electrons. The molecule has 4 aromatic heterocycles. The minimum atomic E-state index is -0.408. The lowest BCUT2D eigenvalue weighted by Gasteiger charge is -2.31. The zero-order valence-corrected chi connectivity index (χ0v) is 21.3. The molecule has 34 heavy (non-hydrogen) atoms. The van der Waals surface area contributed by atoms with Crippen LogP contribution in [-0.4, -0.2) is 36.4 Å². The van der Waals surface area contributed by atoms with Crippen LogP contribution in [0.25, 0.3) is 21.6 Å². The van der Waals surface area contributed by atoms with Crippen LogP contribution in [0.5, 0.6) is 0 Å². The van der Waals surface area contributed by atoms with Gasteiger partial charge < -0.3 is 14.3 Å².